The van der Waals surface area contributed by atoms with E-state index in [2.05, 4.69) is 30.6 Å². The Hall–Kier alpha value is -0.120. The molecule has 0 atom stereocenters. The summed E-state index contributed by atoms with van der Waals surface area (Å²) in [6.45, 7) is 16.3. The van der Waals surface area contributed by atoms with Crippen LogP contribution >= 0.6 is 0 Å². The number of hydrogen-bond donors (Lipinski definition) is 1. The molecular formula is C12H28N2O. The Labute approximate surface area is 95.1 Å². The Morgan fingerprint density at radius 2 is 1.53 bits per heavy atom. The summed E-state index contributed by atoms with van der Waals surface area (Å²) in [5, 5.41) is 9.21. The molecule has 1 aliphatic rings. The standard InChI is InChI=1S/C10H22N2O.C2H6/c1-4-11-5-7-12(8-6-11)10(2,3)9-13;1-2/h13H,4-9H2,1-3H3;1-2H3. The molecule has 1 rings (SSSR count). The van der Waals surface area contributed by atoms with Crippen LogP contribution in [0.2, 0.25) is 0 Å². The van der Waals surface area contributed by atoms with Gasteiger partial charge in [-0.2, -0.15) is 0 Å². The van der Waals surface area contributed by atoms with Crippen LogP contribution in [-0.2, 0) is 0 Å². The summed E-state index contributed by atoms with van der Waals surface area (Å²) in [4.78, 5) is 4.82. The lowest BCUT2D eigenvalue weighted by Gasteiger charge is -2.42. The van der Waals surface area contributed by atoms with Gasteiger partial charge in [0, 0.05) is 31.7 Å². The van der Waals surface area contributed by atoms with Crippen molar-refractivity contribution in [2.45, 2.75) is 40.2 Å². The minimum absolute atomic E-state index is 0.0418. The minimum atomic E-state index is -0.0418. The van der Waals surface area contributed by atoms with Gasteiger partial charge in [0.1, 0.15) is 0 Å². The summed E-state index contributed by atoms with van der Waals surface area (Å²) < 4.78 is 0. The van der Waals surface area contributed by atoms with Crippen LogP contribution in [0.15, 0.2) is 0 Å². The summed E-state index contributed by atoms with van der Waals surface area (Å²) in [7, 11) is 0. The second kappa shape index (κ2) is 7.20. The number of aliphatic hydroxyl groups excluding tert-OH is 1. The Kier molecular flexibility index (Phi) is 7.14. The zero-order valence-electron chi connectivity index (χ0n) is 11.1. The van der Waals surface area contributed by atoms with Gasteiger partial charge in [-0.05, 0) is 20.4 Å². The summed E-state index contributed by atoms with van der Waals surface area (Å²) in [5.74, 6) is 0. The van der Waals surface area contributed by atoms with Crippen LogP contribution in [0.5, 0.6) is 0 Å². The van der Waals surface area contributed by atoms with Crippen molar-refractivity contribution in [1.29, 1.82) is 0 Å². The molecule has 1 N–H and O–H groups in total. The van der Waals surface area contributed by atoms with E-state index < -0.39 is 0 Å². The van der Waals surface area contributed by atoms with Gasteiger partial charge in [0.15, 0.2) is 0 Å². The molecule has 0 aromatic rings. The predicted octanol–water partition coefficient (Wildman–Crippen LogP) is 1.42. The highest BCUT2D eigenvalue weighted by Gasteiger charge is 2.28. The molecule has 1 fully saturated rings. The van der Waals surface area contributed by atoms with Gasteiger partial charge < -0.3 is 10.0 Å². The van der Waals surface area contributed by atoms with Crippen LogP contribution < -0.4 is 0 Å². The van der Waals surface area contributed by atoms with Crippen molar-refractivity contribution < 1.29 is 5.11 Å². The molecular weight excluding hydrogens is 188 g/mol. The van der Waals surface area contributed by atoms with E-state index in [0.717, 1.165) is 32.7 Å². The quantitative estimate of drug-likeness (QED) is 0.773. The van der Waals surface area contributed by atoms with Crippen LogP contribution in [0, 0.1) is 0 Å². The summed E-state index contributed by atoms with van der Waals surface area (Å²) in [5.41, 5.74) is -0.0418. The van der Waals surface area contributed by atoms with Gasteiger partial charge in [0.25, 0.3) is 0 Å². The van der Waals surface area contributed by atoms with Gasteiger partial charge in [0.05, 0.1) is 6.61 Å². The third-order valence-electron chi connectivity index (χ3n) is 3.06. The SMILES string of the molecule is CC.CCN1CCN(C(C)(C)CO)CC1. The van der Waals surface area contributed by atoms with Gasteiger partial charge in [-0.3, -0.25) is 4.90 Å². The Morgan fingerprint density at radius 3 is 1.87 bits per heavy atom. The predicted molar refractivity (Wildman–Crippen MR) is 66.2 cm³/mol. The summed E-state index contributed by atoms with van der Waals surface area (Å²) >= 11 is 0. The lowest BCUT2D eigenvalue weighted by atomic mass is 10.0. The zero-order chi connectivity index (χ0) is 11.9. The van der Waals surface area contributed by atoms with Crippen molar-refractivity contribution in [2.24, 2.45) is 0 Å². The maximum absolute atomic E-state index is 9.21. The molecule has 0 saturated carbocycles. The first-order valence-corrected chi connectivity index (χ1v) is 6.18. The van der Waals surface area contributed by atoms with E-state index in [9.17, 15) is 5.11 Å². The minimum Gasteiger partial charge on any atom is -0.394 e. The van der Waals surface area contributed by atoms with E-state index in [1.807, 2.05) is 13.8 Å². The fourth-order valence-electron chi connectivity index (χ4n) is 1.77. The van der Waals surface area contributed by atoms with Crippen molar-refractivity contribution in [3.8, 4) is 0 Å². The zero-order valence-corrected chi connectivity index (χ0v) is 11.1. The lowest BCUT2D eigenvalue weighted by Crippen LogP contribution is -2.55. The van der Waals surface area contributed by atoms with E-state index in [-0.39, 0.29) is 12.1 Å². The third-order valence-corrected chi connectivity index (χ3v) is 3.06. The fourth-order valence-corrected chi connectivity index (χ4v) is 1.77. The van der Waals surface area contributed by atoms with Crippen LogP contribution in [0.4, 0.5) is 0 Å². The second-order valence-corrected chi connectivity index (χ2v) is 4.39. The number of likely N-dealkylation sites (N-methyl/N-ethyl adjacent to an activating group) is 1. The maximum Gasteiger partial charge on any atom is 0.0610 e. The van der Waals surface area contributed by atoms with Gasteiger partial charge in [-0.15, -0.1) is 0 Å². The van der Waals surface area contributed by atoms with Crippen molar-refractivity contribution in [1.82, 2.24) is 9.80 Å². The lowest BCUT2D eigenvalue weighted by molar-refractivity contribution is 0.0181. The van der Waals surface area contributed by atoms with E-state index in [1.165, 1.54) is 0 Å². The topological polar surface area (TPSA) is 26.7 Å². The van der Waals surface area contributed by atoms with Crippen molar-refractivity contribution >= 4 is 0 Å². The first-order chi connectivity index (χ1) is 7.10. The van der Waals surface area contributed by atoms with Crippen molar-refractivity contribution in [2.75, 3.05) is 39.3 Å². The maximum atomic E-state index is 9.21. The number of piperazine rings is 1. The fraction of sp³-hybridized carbons (Fsp3) is 1.00. The van der Waals surface area contributed by atoms with E-state index >= 15 is 0 Å². The van der Waals surface area contributed by atoms with Crippen LogP contribution in [0.1, 0.15) is 34.6 Å². The molecule has 92 valence electrons. The molecule has 0 radical (unpaired) electrons. The third kappa shape index (κ3) is 4.49. The molecule has 3 nitrogen and oxygen atoms in total. The van der Waals surface area contributed by atoms with E-state index in [4.69, 9.17) is 0 Å². The highest BCUT2D eigenvalue weighted by atomic mass is 16.3. The highest BCUT2D eigenvalue weighted by Crippen LogP contribution is 2.15. The average Bonchev–Trinajstić information content (AvgIpc) is 2.32. The first-order valence-electron chi connectivity index (χ1n) is 6.18. The Bertz CT molecular complexity index is 152. The van der Waals surface area contributed by atoms with E-state index in [0.29, 0.717) is 0 Å². The normalized spacial score (nSPS) is 19.6. The molecule has 0 aliphatic carbocycles. The number of aliphatic hydroxyl groups is 1. The molecule has 1 saturated heterocycles. The number of hydrogen-bond acceptors (Lipinski definition) is 3. The summed E-state index contributed by atoms with van der Waals surface area (Å²) in [6.07, 6.45) is 0. The molecule has 0 unspecified atom stereocenters. The van der Waals surface area contributed by atoms with Gasteiger partial charge in [0.2, 0.25) is 0 Å². The number of nitrogens with zero attached hydrogens (tertiary/aromatic N) is 2. The first kappa shape index (κ1) is 14.9. The molecule has 0 aromatic carbocycles. The smallest absolute Gasteiger partial charge is 0.0610 e. The Balaban J connectivity index is 0.000000921. The van der Waals surface area contributed by atoms with Crippen LogP contribution in [-0.4, -0.2) is 59.8 Å². The Morgan fingerprint density at radius 1 is 1.07 bits per heavy atom. The van der Waals surface area contributed by atoms with E-state index in [1.54, 1.807) is 0 Å². The van der Waals surface area contributed by atoms with Crippen molar-refractivity contribution in [3.63, 3.8) is 0 Å². The van der Waals surface area contributed by atoms with Gasteiger partial charge in [-0.1, -0.05) is 20.8 Å². The molecule has 0 amide bonds. The molecule has 0 bridgehead atoms. The highest BCUT2D eigenvalue weighted by molar-refractivity contribution is 4.84. The van der Waals surface area contributed by atoms with Crippen molar-refractivity contribution in [3.05, 3.63) is 0 Å². The second-order valence-electron chi connectivity index (χ2n) is 4.39. The van der Waals surface area contributed by atoms with Crippen LogP contribution in [0.3, 0.4) is 0 Å². The molecule has 0 spiro atoms. The van der Waals surface area contributed by atoms with Gasteiger partial charge >= 0.3 is 0 Å². The summed E-state index contributed by atoms with van der Waals surface area (Å²) in [6, 6.07) is 0. The monoisotopic (exact) mass is 216 g/mol. The molecule has 1 heterocycles. The number of rotatable bonds is 3. The molecule has 1 aliphatic heterocycles. The molecule has 0 aromatic heterocycles. The van der Waals surface area contributed by atoms with Gasteiger partial charge in [-0.25, -0.2) is 0 Å². The molecule has 3 heteroatoms. The average molecular weight is 216 g/mol. The largest absolute Gasteiger partial charge is 0.394 e. The molecule has 15 heavy (non-hydrogen) atoms. The van der Waals surface area contributed by atoms with Crippen LogP contribution in [0.25, 0.3) is 0 Å².